The smallest absolute Gasteiger partial charge is 0.251 e. The number of carbonyl (C=O) groups excluding carboxylic acids is 2. The quantitative estimate of drug-likeness (QED) is 0.892. The van der Waals surface area contributed by atoms with Gasteiger partial charge < -0.3 is 10.6 Å². The molecule has 0 radical (unpaired) electrons. The summed E-state index contributed by atoms with van der Waals surface area (Å²) in [6.45, 7) is 5.76. The predicted molar refractivity (Wildman–Crippen MR) is 91.2 cm³/mol. The first-order chi connectivity index (χ1) is 11.0. The molecule has 0 heterocycles. The summed E-state index contributed by atoms with van der Waals surface area (Å²) in [6.07, 6.45) is 0. The average molecular weight is 310 g/mol. The third kappa shape index (κ3) is 4.95. The number of aryl methyl sites for hydroxylation is 2. The van der Waals surface area contributed by atoms with Gasteiger partial charge in [0.25, 0.3) is 5.91 Å². The van der Waals surface area contributed by atoms with Gasteiger partial charge in [-0.3, -0.25) is 9.59 Å². The summed E-state index contributed by atoms with van der Waals surface area (Å²) in [6, 6.07) is 15.2. The molecule has 0 aliphatic carbocycles. The molecule has 0 aliphatic rings. The molecular weight excluding hydrogens is 288 g/mol. The summed E-state index contributed by atoms with van der Waals surface area (Å²) in [5.74, 6) is -0.446. The fourth-order valence-electron chi connectivity index (χ4n) is 2.49. The molecule has 4 nitrogen and oxygen atoms in total. The molecule has 0 saturated carbocycles. The Kier molecular flexibility index (Phi) is 5.52. The van der Waals surface area contributed by atoms with Gasteiger partial charge in [-0.05, 0) is 38.5 Å². The van der Waals surface area contributed by atoms with E-state index in [1.54, 1.807) is 0 Å². The lowest BCUT2D eigenvalue weighted by Crippen LogP contribution is -2.38. The summed E-state index contributed by atoms with van der Waals surface area (Å²) < 4.78 is 0. The Balaban J connectivity index is 1.87. The van der Waals surface area contributed by atoms with Crippen LogP contribution in [0.4, 0.5) is 0 Å². The number of benzene rings is 2. The van der Waals surface area contributed by atoms with E-state index in [1.807, 2.05) is 69.3 Å². The van der Waals surface area contributed by atoms with Crippen LogP contribution in [0.2, 0.25) is 0 Å². The molecule has 2 rings (SSSR count). The SMILES string of the molecule is Cc1cc(C)cc(C(=O)NCC(=O)NC(C)c2ccccc2)c1. The van der Waals surface area contributed by atoms with E-state index in [0.29, 0.717) is 5.56 Å². The van der Waals surface area contributed by atoms with Gasteiger partial charge in [0.1, 0.15) is 0 Å². The molecular formula is C19H22N2O2. The molecule has 1 unspecified atom stereocenters. The van der Waals surface area contributed by atoms with Gasteiger partial charge in [0.2, 0.25) is 5.91 Å². The van der Waals surface area contributed by atoms with Gasteiger partial charge in [0.05, 0.1) is 12.6 Å². The monoisotopic (exact) mass is 310 g/mol. The Morgan fingerprint density at radius 2 is 1.61 bits per heavy atom. The van der Waals surface area contributed by atoms with Crippen molar-refractivity contribution in [1.82, 2.24) is 10.6 Å². The summed E-state index contributed by atoms with van der Waals surface area (Å²) in [4.78, 5) is 24.1. The average Bonchev–Trinajstić information content (AvgIpc) is 2.52. The number of rotatable bonds is 5. The summed E-state index contributed by atoms with van der Waals surface area (Å²) in [5, 5.41) is 5.53. The van der Waals surface area contributed by atoms with E-state index < -0.39 is 0 Å². The van der Waals surface area contributed by atoms with Gasteiger partial charge in [0, 0.05) is 5.56 Å². The molecule has 0 aliphatic heterocycles. The maximum absolute atomic E-state index is 12.1. The second-order valence-electron chi connectivity index (χ2n) is 5.76. The molecule has 23 heavy (non-hydrogen) atoms. The minimum Gasteiger partial charge on any atom is -0.348 e. The molecule has 120 valence electrons. The highest BCUT2D eigenvalue weighted by Gasteiger charge is 2.11. The van der Waals surface area contributed by atoms with Crippen molar-refractivity contribution < 1.29 is 9.59 Å². The highest BCUT2D eigenvalue weighted by Crippen LogP contribution is 2.11. The maximum Gasteiger partial charge on any atom is 0.251 e. The first kappa shape index (κ1) is 16.7. The van der Waals surface area contributed by atoms with Crippen LogP contribution in [0.3, 0.4) is 0 Å². The van der Waals surface area contributed by atoms with Crippen LogP contribution in [-0.2, 0) is 4.79 Å². The molecule has 2 amide bonds. The standard InChI is InChI=1S/C19H22N2O2/c1-13-9-14(2)11-17(10-13)19(23)20-12-18(22)21-15(3)16-7-5-4-6-8-16/h4-11,15H,12H2,1-3H3,(H,20,23)(H,21,22). The second kappa shape index (κ2) is 7.58. The molecule has 0 bridgehead atoms. The molecule has 2 aromatic carbocycles. The Morgan fingerprint density at radius 1 is 1.00 bits per heavy atom. The van der Waals surface area contributed by atoms with Crippen LogP contribution in [0.15, 0.2) is 48.5 Å². The fourth-order valence-corrected chi connectivity index (χ4v) is 2.49. The zero-order valence-electron chi connectivity index (χ0n) is 13.7. The lowest BCUT2D eigenvalue weighted by molar-refractivity contribution is -0.120. The number of hydrogen-bond acceptors (Lipinski definition) is 2. The van der Waals surface area contributed by atoms with Gasteiger partial charge >= 0.3 is 0 Å². The molecule has 0 spiro atoms. The maximum atomic E-state index is 12.1. The fraction of sp³-hybridized carbons (Fsp3) is 0.263. The lowest BCUT2D eigenvalue weighted by atomic mass is 10.1. The minimum atomic E-state index is -0.237. The van der Waals surface area contributed by atoms with Crippen LogP contribution in [0.1, 0.15) is 40.0 Å². The van der Waals surface area contributed by atoms with Gasteiger partial charge in [0.15, 0.2) is 0 Å². The van der Waals surface area contributed by atoms with Crippen molar-refractivity contribution >= 4 is 11.8 Å². The van der Waals surface area contributed by atoms with Crippen molar-refractivity contribution in [2.45, 2.75) is 26.8 Å². The minimum absolute atomic E-state index is 0.0387. The number of carbonyl (C=O) groups is 2. The molecule has 0 fully saturated rings. The topological polar surface area (TPSA) is 58.2 Å². The van der Waals surface area contributed by atoms with E-state index >= 15 is 0 Å². The molecule has 0 saturated heterocycles. The zero-order valence-corrected chi connectivity index (χ0v) is 13.7. The van der Waals surface area contributed by atoms with E-state index in [9.17, 15) is 9.59 Å². The van der Waals surface area contributed by atoms with Gasteiger partial charge in [-0.1, -0.05) is 47.5 Å². The lowest BCUT2D eigenvalue weighted by Gasteiger charge is -2.14. The van der Waals surface area contributed by atoms with Crippen LogP contribution in [0.25, 0.3) is 0 Å². The third-order valence-corrected chi connectivity index (χ3v) is 3.57. The molecule has 2 N–H and O–H groups in total. The molecule has 4 heteroatoms. The van der Waals surface area contributed by atoms with Gasteiger partial charge in [-0.25, -0.2) is 0 Å². The second-order valence-corrected chi connectivity index (χ2v) is 5.76. The van der Waals surface area contributed by atoms with Crippen LogP contribution in [0, 0.1) is 13.8 Å². The van der Waals surface area contributed by atoms with Crippen LogP contribution in [-0.4, -0.2) is 18.4 Å². The predicted octanol–water partition coefficient (Wildman–Crippen LogP) is 2.91. The summed E-state index contributed by atoms with van der Waals surface area (Å²) in [5.41, 5.74) is 3.66. The van der Waals surface area contributed by atoms with E-state index in [1.165, 1.54) is 0 Å². The van der Waals surface area contributed by atoms with E-state index in [0.717, 1.165) is 16.7 Å². The Morgan fingerprint density at radius 3 is 2.22 bits per heavy atom. The first-order valence-corrected chi connectivity index (χ1v) is 7.66. The van der Waals surface area contributed by atoms with Crippen LogP contribution < -0.4 is 10.6 Å². The molecule has 0 aromatic heterocycles. The van der Waals surface area contributed by atoms with Crippen molar-refractivity contribution in [3.8, 4) is 0 Å². The number of nitrogens with one attached hydrogen (secondary N) is 2. The highest BCUT2D eigenvalue weighted by atomic mass is 16.2. The van der Waals surface area contributed by atoms with Gasteiger partial charge in [-0.2, -0.15) is 0 Å². The van der Waals surface area contributed by atoms with E-state index in [4.69, 9.17) is 0 Å². The van der Waals surface area contributed by atoms with Crippen LogP contribution >= 0.6 is 0 Å². The zero-order chi connectivity index (χ0) is 16.8. The number of hydrogen-bond donors (Lipinski definition) is 2. The van der Waals surface area contributed by atoms with E-state index in [2.05, 4.69) is 10.6 Å². The van der Waals surface area contributed by atoms with Crippen LogP contribution in [0.5, 0.6) is 0 Å². The summed E-state index contributed by atoms with van der Waals surface area (Å²) >= 11 is 0. The third-order valence-electron chi connectivity index (χ3n) is 3.57. The van der Waals surface area contributed by atoms with Crippen molar-refractivity contribution in [2.75, 3.05) is 6.54 Å². The Hall–Kier alpha value is -2.62. The first-order valence-electron chi connectivity index (χ1n) is 7.66. The number of amides is 2. The van der Waals surface area contributed by atoms with Crippen molar-refractivity contribution in [3.05, 3.63) is 70.8 Å². The normalized spacial score (nSPS) is 11.6. The Bertz CT molecular complexity index is 676. The van der Waals surface area contributed by atoms with Gasteiger partial charge in [-0.15, -0.1) is 0 Å². The largest absolute Gasteiger partial charge is 0.348 e. The molecule has 1 atom stereocenters. The highest BCUT2D eigenvalue weighted by molar-refractivity contribution is 5.96. The summed E-state index contributed by atoms with van der Waals surface area (Å²) in [7, 11) is 0. The molecule has 2 aromatic rings. The van der Waals surface area contributed by atoms with Crippen molar-refractivity contribution in [3.63, 3.8) is 0 Å². The van der Waals surface area contributed by atoms with Crippen molar-refractivity contribution in [1.29, 1.82) is 0 Å². The van der Waals surface area contributed by atoms with Crippen molar-refractivity contribution in [2.24, 2.45) is 0 Å². The van der Waals surface area contributed by atoms with E-state index in [-0.39, 0.29) is 24.4 Å². The Labute approximate surface area is 136 Å².